The minimum absolute atomic E-state index is 0.0237. The number of hydrogen-bond acceptors (Lipinski definition) is 9. The van der Waals surface area contributed by atoms with Gasteiger partial charge in [-0.3, -0.25) is 0 Å². The zero-order valence-electron chi connectivity index (χ0n) is 27.3. The summed E-state index contributed by atoms with van der Waals surface area (Å²) in [4.78, 5) is 17.8. The second-order valence-electron chi connectivity index (χ2n) is 13.4. The highest BCUT2D eigenvalue weighted by Crippen LogP contribution is 2.49. The van der Waals surface area contributed by atoms with Gasteiger partial charge in [0.1, 0.15) is 6.10 Å². The molecule has 3 heterocycles. The van der Waals surface area contributed by atoms with Crippen molar-refractivity contribution in [2.45, 2.75) is 82.5 Å². The zero-order valence-corrected chi connectivity index (χ0v) is 28.1. The van der Waals surface area contributed by atoms with Crippen LogP contribution in [-0.2, 0) is 37.1 Å². The lowest BCUT2D eigenvalue weighted by Gasteiger charge is -2.42. The molecular weight excluding hydrogens is 622 g/mol. The monoisotopic (exact) mass is 667 g/mol. The number of oxazole rings is 1. The molecule has 3 fully saturated rings. The molecule has 3 aliphatic rings. The summed E-state index contributed by atoms with van der Waals surface area (Å²) < 4.78 is 52.9. The summed E-state index contributed by atoms with van der Waals surface area (Å²) in [6.45, 7) is 8.35. The third-order valence-electron chi connectivity index (χ3n) is 9.66. The van der Waals surface area contributed by atoms with E-state index in [2.05, 4.69) is 17.2 Å². The Kier molecular flexibility index (Phi) is 10.0. The molecule has 1 saturated carbocycles. The average molecular weight is 668 g/mol. The molecule has 47 heavy (non-hydrogen) atoms. The lowest BCUT2D eigenvalue weighted by atomic mass is 9.70. The molecule has 5 unspecified atom stereocenters. The van der Waals surface area contributed by atoms with Crippen LogP contribution in [0, 0.1) is 23.7 Å². The van der Waals surface area contributed by atoms with Crippen LogP contribution in [0.4, 0.5) is 4.79 Å². The second-order valence-corrected chi connectivity index (χ2v) is 15.3. The summed E-state index contributed by atoms with van der Waals surface area (Å²) in [6, 6.07) is 15.1. The molecule has 12 heteroatoms. The van der Waals surface area contributed by atoms with Crippen LogP contribution >= 0.6 is 0 Å². The Labute approximate surface area is 276 Å². The first-order valence-corrected chi connectivity index (χ1v) is 18.0. The first kappa shape index (κ1) is 33.6. The predicted octanol–water partition coefficient (Wildman–Crippen LogP) is 4.65. The van der Waals surface area contributed by atoms with Crippen molar-refractivity contribution in [3.8, 4) is 11.3 Å². The van der Waals surface area contributed by atoms with Gasteiger partial charge in [0.2, 0.25) is 10.0 Å². The third kappa shape index (κ3) is 7.26. The number of nitrogens with zero attached hydrogens (tertiary/aromatic N) is 2. The van der Waals surface area contributed by atoms with E-state index in [9.17, 15) is 18.3 Å². The number of amides is 1. The molecule has 254 valence electrons. The lowest BCUT2D eigenvalue weighted by Crippen LogP contribution is -2.54. The van der Waals surface area contributed by atoms with E-state index in [1.807, 2.05) is 51.1 Å². The van der Waals surface area contributed by atoms with Gasteiger partial charge in [0.05, 0.1) is 35.9 Å². The molecule has 1 aromatic heterocycles. The number of benzene rings is 2. The molecule has 3 bridgehead atoms. The van der Waals surface area contributed by atoms with Gasteiger partial charge in [-0.05, 0) is 54.5 Å². The van der Waals surface area contributed by atoms with Gasteiger partial charge in [0, 0.05) is 36.9 Å². The molecule has 2 saturated heterocycles. The molecule has 8 atom stereocenters. The van der Waals surface area contributed by atoms with Gasteiger partial charge in [0.25, 0.3) is 0 Å². The minimum Gasteiger partial charge on any atom is -0.443 e. The van der Waals surface area contributed by atoms with Crippen LogP contribution in [0.3, 0.4) is 0 Å². The SMILES string of the molecule is CCc1ncc(-c2ccc(S(=O)(=O)N(CC(C)C)C[C@@H](O)[C@H](Cc3ccccc3)NC(=O)OC3C4CC5C(OCC3[C@@H]5C)O4)cc2)o1. The number of nitrogens with one attached hydrogen (secondary N) is 1. The van der Waals surface area contributed by atoms with Crippen molar-refractivity contribution >= 4 is 16.1 Å². The Hall–Kier alpha value is -3.29. The first-order chi connectivity index (χ1) is 22.5. The summed E-state index contributed by atoms with van der Waals surface area (Å²) in [7, 11) is -4.01. The zero-order chi connectivity index (χ0) is 33.3. The molecule has 1 aliphatic carbocycles. The smallest absolute Gasteiger partial charge is 0.407 e. The fourth-order valence-electron chi connectivity index (χ4n) is 7.07. The van der Waals surface area contributed by atoms with E-state index in [4.69, 9.17) is 18.6 Å². The van der Waals surface area contributed by atoms with Crippen molar-refractivity contribution in [1.29, 1.82) is 0 Å². The number of fused-ring (bicyclic) bond motifs is 2. The number of aryl methyl sites for hydroxylation is 1. The van der Waals surface area contributed by atoms with E-state index in [0.29, 0.717) is 42.1 Å². The number of aliphatic hydroxyl groups excluding tert-OH is 1. The summed E-state index contributed by atoms with van der Waals surface area (Å²) >= 11 is 0. The molecule has 2 aromatic carbocycles. The first-order valence-electron chi connectivity index (χ1n) is 16.5. The largest absolute Gasteiger partial charge is 0.443 e. The number of carbonyl (C=O) groups is 1. The Balaban J connectivity index is 1.19. The van der Waals surface area contributed by atoms with Crippen molar-refractivity contribution in [2.75, 3.05) is 19.7 Å². The van der Waals surface area contributed by atoms with E-state index >= 15 is 0 Å². The van der Waals surface area contributed by atoms with Gasteiger partial charge < -0.3 is 29.1 Å². The second kappa shape index (κ2) is 14.1. The molecule has 2 N–H and O–H groups in total. The number of aromatic nitrogens is 1. The number of rotatable bonds is 13. The van der Waals surface area contributed by atoms with Crippen molar-refractivity contribution in [3.63, 3.8) is 0 Å². The number of sulfonamides is 1. The number of hydrogen-bond donors (Lipinski definition) is 2. The number of carbonyl (C=O) groups excluding carboxylic acids is 1. The van der Waals surface area contributed by atoms with Crippen LogP contribution in [0.5, 0.6) is 0 Å². The highest BCUT2D eigenvalue weighted by Gasteiger charge is 2.57. The number of alkyl carbamates (subject to hydrolysis) is 1. The number of ether oxygens (including phenoxy) is 3. The molecule has 0 radical (unpaired) electrons. The molecule has 6 rings (SSSR count). The Morgan fingerprint density at radius 2 is 1.85 bits per heavy atom. The molecule has 11 nitrogen and oxygen atoms in total. The predicted molar refractivity (Wildman–Crippen MR) is 174 cm³/mol. The number of aliphatic hydroxyl groups is 1. The standard InChI is InChI=1S/C35H45N3O8S/c1-5-32-36-17-31(44-32)24-11-13-25(14-12-24)47(41,42)38(18-21(2)3)19-29(39)28(15-23-9-7-6-8-10-23)37-35(40)46-33-27-20-43-34-26(22(27)4)16-30(33)45-34/h6-14,17,21-22,26-30,33-34,39H,5,15-16,18-20H2,1-4H3,(H,37,40)/t22-,26?,27?,28+,29-,30?,33?,34?/m1/s1. The maximum absolute atomic E-state index is 14.0. The molecule has 0 spiro atoms. The molecule has 2 aliphatic heterocycles. The Morgan fingerprint density at radius 3 is 2.53 bits per heavy atom. The van der Waals surface area contributed by atoms with Crippen molar-refractivity contribution < 1.29 is 36.9 Å². The summed E-state index contributed by atoms with van der Waals surface area (Å²) in [5, 5.41) is 14.5. The van der Waals surface area contributed by atoms with E-state index in [1.54, 1.807) is 18.3 Å². The van der Waals surface area contributed by atoms with E-state index in [1.165, 1.54) is 16.4 Å². The Bertz CT molecular complexity index is 1610. The summed E-state index contributed by atoms with van der Waals surface area (Å²) in [5.74, 6) is 1.76. The van der Waals surface area contributed by atoms with Crippen LogP contribution in [0.25, 0.3) is 11.3 Å². The normalized spacial score (nSPS) is 26.4. The Morgan fingerprint density at radius 1 is 1.11 bits per heavy atom. The fourth-order valence-corrected chi connectivity index (χ4v) is 8.70. The molecule has 3 aromatic rings. The lowest BCUT2D eigenvalue weighted by molar-refractivity contribution is -0.167. The maximum atomic E-state index is 14.0. The van der Waals surface area contributed by atoms with Crippen LogP contribution in [0.2, 0.25) is 0 Å². The summed E-state index contributed by atoms with van der Waals surface area (Å²) in [5.41, 5.74) is 1.59. The highest BCUT2D eigenvalue weighted by molar-refractivity contribution is 7.89. The third-order valence-corrected chi connectivity index (χ3v) is 11.5. The van der Waals surface area contributed by atoms with Gasteiger partial charge in [-0.25, -0.2) is 18.2 Å². The molecular formula is C35H45N3O8S. The average Bonchev–Trinajstić information content (AvgIpc) is 3.66. The van der Waals surface area contributed by atoms with E-state index < -0.39 is 34.4 Å². The molecule has 1 amide bonds. The van der Waals surface area contributed by atoms with Gasteiger partial charge in [-0.15, -0.1) is 0 Å². The van der Waals surface area contributed by atoms with Gasteiger partial charge in [-0.1, -0.05) is 58.0 Å². The summed E-state index contributed by atoms with van der Waals surface area (Å²) in [6.07, 6.45) is 0.467. The topological polar surface area (TPSA) is 140 Å². The van der Waals surface area contributed by atoms with Gasteiger partial charge >= 0.3 is 6.09 Å². The van der Waals surface area contributed by atoms with Crippen molar-refractivity contribution in [3.05, 3.63) is 72.2 Å². The van der Waals surface area contributed by atoms with E-state index in [0.717, 1.165) is 12.0 Å². The van der Waals surface area contributed by atoms with Crippen LogP contribution in [0.1, 0.15) is 45.6 Å². The maximum Gasteiger partial charge on any atom is 0.407 e. The van der Waals surface area contributed by atoms with Gasteiger partial charge in [-0.2, -0.15) is 4.31 Å². The van der Waals surface area contributed by atoms with Crippen molar-refractivity contribution in [1.82, 2.24) is 14.6 Å². The van der Waals surface area contributed by atoms with Crippen LogP contribution in [-0.4, -0.2) is 79.2 Å². The van der Waals surface area contributed by atoms with Crippen LogP contribution < -0.4 is 5.32 Å². The fraction of sp³-hybridized carbons (Fsp3) is 0.543. The van der Waals surface area contributed by atoms with Crippen molar-refractivity contribution in [2.24, 2.45) is 23.7 Å². The van der Waals surface area contributed by atoms with Crippen LogP contribution in [0.15, 0.2) is 70.1 Å². The quantitative estimate of drug-likeness (QED) is 0.267. The highest BCUT2D eigenvalue weighted by atomic mass is 32.2. The van der Waals surface area contributed by atoms with Gasteiger partial charge in [0.15, 0.2) is 17.9 Å². The minimum atomic E-state index is -4.01. The van der Waals surface area contributed by atoms with E-state index in [-0.39, 0.29) is 48.6 Å².